The maximum absolute atomic E-state index is 11.9. The van der Waals surface area contributed by atoms with Gasteiger partial charge in [-0.25, -0.2) is 0 Å². The zero-order valence-electron chi connectivity index (χ0n) is 15.1. The molecule has 4 nitrogen and oxygen atoms in total. The van der Waals surface area contributed by atoms with Gasteiger partial charge in [-0.1, -0.05) is 48.5 Å². The lowest BCUT2D eigenvalue weighted by atomic mass is 10.0. The maximum Gasteiger partial charge on any atom is 0.221 e. The van der Waals surface area contributed by atoms with Gasteiger partial charge >= 0.3 is 0 Å². The van der Waals surface area contributed by atoms with Gasteiger partial charge in [-0.2, -0.15) is 0 Å². The number of carbonyl (C=O) groups is 1. The fraction of sp³-hybridized carbons (Fsp3) is 0.350. The second-order valence-electron chi connectivity index (χ2n) is 6.04. The molecule has 0 aliphatic carbocycles. The van der Waals surface area contributed by atoms with E-state index in [4.69, 9.17) is 5.73 Å². The average molecular weight is 398 g/mol. The summed E-state index contributed by atoms with van der Waals surface area (Å²) in [6.07, 6.45) is 2.33. The van der Waals surface area contributed by atoms with Crippen molar-refractivity contribution in [3.8, 4) is 0 Å². The lowest BCUT2D eigenvalue weighted by Crippen LogP contribution is -2.29. The summed E-state index contributed by atoms with van der Waals surface area (Å²) >= 11 is 0. The summed E-state index contributed by atoms with van der Waals surface area (Å²) < 4.78 is 0. The van der Waals surface area contributed by atoms with Gasteiger partial charge < -0.3 is 16.0 Å². The number of para-hydroxylation sites is 1. The number of amides is 1. The third kappa shape index (κ3) is 8.56. The molecule has 0 spiro atoms. The number of nitrogens with one attached hydrogen (secondary N) is 1. The van der Waals surface area contributed by atoms with Crippen LogP contribution in [0.5, 0.6) is 0 Å². The van der Waals surface area contributed by atoms with Crippen LogP contribution in [0.4, 0.5) is 5.69 Å². The van der Waals surface area contributed by atoms with Crippen molar-refractivity contribution < 1.29 is 4.79 Å². The minimum absolute atomic E-state index is 0. The number of carbonyl (C=O) groups excluding carboxylic acids is 1. The van der Waals surface area contributed by atoms with Crippen LogP contribution in [0.15, 0.2) is 60.7 Å². The smallest absolute Gasteiger partial charge is 0.221 e. The van der Waals surface area contributed by atoms with Gasteiger partial charge in [0.15, 0.2) is 0 Å². The van der Waals surface area contributed by atoms with Crippen LogP contribution < -0.4 is 16.0 Å². The Morgan fingerprint density at radius 2 is 1.58 bits per heavy atom. The van der Waals surface area contributed by atoms with E-state index < -0.39 is 0 Å². The van der Waals surface area contributed by atoms with E-state index in [1.165, 1.54) is 5.69 Å². The van der Waals surface area contributed by atoms with Gasteiger partial charge in [-0.05, 0) is 30.5 Å². The Morgan fingerprint density at radius 1 is 1.00 bits per heavy atom. The molecule has 6 heteroatoms. The first-order valence-corrected chi connectivity index (χ1v) is 8.50. The summed E-state index contributed by atoms with van der Waals surface area (Å²) in [4.78, 5) is 14.2. The van der Waals surface area contributed by atoms with Gasteiger partial charge in [0.25, 0.3) is 0 Å². The Bertz CT molecular complexity index is 611. The number of nitrogens with zero attached hydrogens (tertiary/aromatic N) is 1. The number of halogens is 2. The molecular formula is C20H29Cl2N3O. The molecule has 0 bridgehead atoms. The number of anilines is 1. The van der Waals surface area contributed by atoms with Gasteiger partial charge in [0.1, 0.15) is 0 Å². The third-order valence-corrected chi connectivity index (χ3v) is 4.07. The van der Waals surface area contributed by atoms with Crippen molar-refractivity contribution >= 4 is 36.4 Å². The predicted molar refractivity (Wildman–Crippen MR) is 114 cm³/mol. The monoisotopic (exact) mass is 397 g/mol. The van der Waals surface area contributed by atoms with Crippen molar-refractivity contribution in [2.45, 2.75) is 25.3 Å². The molecule has 0 saturated heterocycles. The number of hydrogen-bond acceptors (Lipinski definition) is 3. The molecule has 3 N–H and O–H groups in total. The highest BCUT2D eigenvalue weighted by Gasteiger charge is 2.10. The Morgan fingerprint density at radius 3 is 2.19 bits per heavy atom. The average Bonchev–Trinajstić information content (AvgIpc) is 2.62. The van der Waals surface area contributed by atoms with Gasteiger partial charge in [0.2, 0.25) is 5.91 Å². The van der Waals surface area contributed by atoms with Crippen molar-refractivity contribution in [1.82, 2.24) is 5.32 Å². The van der Waals surface area contributed by atoms with Crippen LogP contribution in [0.1, 0.15) is 30.9 Å². The van der Waals surface area contributed by atoms with Crippen molar-refractivity contribution in [2.24, 2.45) is 5.73 Å². The molecule has 2 aromatic carbocycles. The topological polar surface area (TPSA) is 58.4 Å². The molecule has 0 fully saturated rings. The molecule has 0 aliphatic heterocycles. The van der Waals surface area contributed by atoms with Gasteiger partial charge in [-0.3, -0.25) is 4.79 Å². The number of hydrogen-bond donors (Lipinski definition) is 2. The van der Waals surface area contributed by atoms with Crippen LogP contribution in [0.3, 0.4) is 0 Å². The molecule has 0 aliphatic rings. The second kappa shape index (κ2) is 13.5. The summed E-state index contributed by atoms with van der Waals surface area (Å²) in [5.74, 6) is 0.0165. The standard InChI is InChI=1S/C20H27N3O.2ClH/c1-23(18-12-6-3-7-13-18)15-9-8-14-22-20(24)16-19(21)17-10-4-2-5-11-17;;/h2-7,10-13,19H,8-9,14-16,21H2,1H3,(H,22,24);2*1H. The van der Waals surface area contributed by atoms with E-state index in [2.05, 4.69) is 29.4 Å². The highest BCUT2D eigenvalue weighted by atomic mass is 35.5. The van der Waals surface area contributed by atoms with Crippen LogP contribution in [0.25, 0.3) is 0 Å². The molecule has 1 amide bonds. The first-order chi connectivity index (χ1) is 11.7. The molecule has 1 unspecified atom stereocenters. The molecule has 1 atom stereocenters. The van der Waals surface area contributed by atoms with Crippen LogP contribution in [-0.4, -0.2) is 26.0 Å². The minimum Gasteiger partial charge on any atom is -0.375 e. The fourth-order valence-electron chi connectivity index (χ4n) is 2.60. The van der Waals surface area contributed by atoms with E-state index in [0.29, 0.717) is 13.0 Å². The zero-order valence-corrected chi connectivity index (χ0v) is 16.8. The molecular weight excluding hydrogens is 369 g/mol. The molecule has 0 aromatic heterocycles. The molecule has 0 radical (unpaired) electrons. The van der Waals surface area contributed by atoms with Gasteiger partial charge in [0.05, 0.1) is 0 Å². The van der Waals surface area contributed by atoms with Crippen LogP contribution in [-0.2, 0) is 4.79 Å². The largest absolute Gasteiger partial charge is 0.375 e. The lowest BCUT2D eigenvalue weighted by molar-refractivity contribution is -0.121. The Hall–Kier alpha value is -1.75. The Labute approximate surface area is 169 Å². The van der Waals surface area contributed by atoms with Crippen LogP contribution in [0.2, 0.25) is 0 Å². The molecule has 144 valence electrons. The summed E-state index contributed by atoms with van der Waals surface area (Å²) in [6.45, 7) is 1.67. The van der Waals surface area contributed by atoms with Gasteiger partial charge in [-0.15, -0.1) is 24.8 Å². The normalized spacial score (nSPS) is 10.8. The summed E-state index contributed by atoms with van der Waals surface area (Å²) in [7, 11) is 2.09. The molecule has 2 aromatic rings. The Balaban J connectivity index is 0.00000312. The number of benzene rings is 2. The van der Waals surface area contributed by atoms with Crippen LogP contribution in [0, 0.1) is 0 Å². The lowest BCUT2D eigenvalue weighted by Gasteiger charge is -2.19. The molecule has 0 saturated carbocycles. The quantitative estimate of drug-likeness (QED) is 0.629. The minimum atomic E-state index is -0.240. The fourth-order valence-corrected chi connectivity index (χ4v) is 2.60. The first-order valence-electron chi connectivity index (χ1n) is 8.50. The third-order valence-electron chi connectivity index (χ3n) is 4.07. The molecule has 0 heterocycles. The van der Waals surface area contributed by atoms with Crippen molar-refractivity contribution in [1.29, 1.82) is 0 Å². The van der Waals surface area contributed by atoms with E-state index in [9.17, 15) is 4.79 Å². The highest BCUT2D eigenvalue weighted by Crippen LogP contribution is 2.13. The second-order valence-corrected chi connectivity index (χ2v) is 6.04. The molecule has 2 rings (SSSR count). The van der Waals surface area contributed by atoms with Crippen molar-refractivity contribution in [2.75, 3.05) is 25.0 Å². The van der Waals surface area contributed by atoms with E-state index in [1.54, 1.807) is 0 Å². The van der Waals surface area contributed by atoms with E-state index in [-0.39, 0.29) is 36.8 Å². The van der Waals surface area contributed by atoms with Crippen molar-refractivity contribution in [3.63, 3.8) is 0 Å². The maximum atomic E-state index is 11.9. The van der Waals surface area contributed by atoms with E-state index in [1.807, 2.05) is 48.5 Å². The number of rotatable bonds is 9. The highest BCUT2D eigenvalue weighted by molar-refractivity contribution is 5.85. The summed E-state index contributed by atoms with van der Waals surface area (Å²) in [6, 6.07) is 19.8. The number of nitrogens with two attached hydrogens (primary N) is 1. The molecule has 26 heavy (non-hydrogen) atoms. The first kappa shape index (κ1) is 24.2. The van der Waals surface area contributed by atoms with E-state index in [0.717, 1.165) is 24.9 Å². The zero-order chi connectivity index (χ0) is 17.2. The summed E-state index contributed by atoms with van der Waals surface area (Å²) in [5, 5.41) is 2.96. The Kier molecular flexibility index (Phi) is 12.5. The van der Waals surface area contributed by atoms with E-state index >= 15 is 0 Å². The predicted octanol–water partition coefficient (Wildman–Crippen LogP) is 3.95. The number of unbranched alkanes of at least 4 members (excludes halogenated alkanes) is 1. The van der Waals surface area contributed by atoms with Crippen molar-refractivity contribution in [3.05, 3.63) is 66.2 Å². The SMILES string of the molecule is CN(CCCCNC(=O)CC(N)c1ccccc1)c1ccccc1.Cl.Cl. The van der Waals surface area contributed by atoms with Crippen LogP contribution >= 0.6 is 24.8 Å². The van der Waals surface area contributed by atoms with Gasteiger partial charge in [0, 0.05) is 38.3 Å². The summed E-state index contributed by atoms with van der Waals surface area (Å²) in [5.41, 5.74) is 8.28.